The van der Waals surface area contributed by atoms with Crippen molar-refractivity contribution in [1.29, 1.82) is 0 Å². The maximum atomic E-state index is 11.8. The number of nitrogens with zero attached hydrogens (tertiary/aromatic N) is 1. The first kappa shape index (κ1) is 12.7. The predicted molar refractivity (Wildman–Crippen MR) is 52.5 cm³/mol. The van der Waals surface area contributed by atoms with E-state index in [4.69, 9.17) is 5.14 Å². The highest BCUT2D eigenvalue weighted by molar-refractivity contribution is 7.91. The molecule has 2 rings (SSSR count). The van der Waals surface area contributed by atoms with E-state index in [0.29, 0.717) is 0 Å². The molecule has 1 saturated heterocycles. The Bertz CT molecular complexity index is 429. The third-order valence-corrected chi connectivity index (χ3v) is 4.74. The van der Waals surface area contributed by atoms with Gasteiger partial charge in [0.15, 0.2) is 4.75 Å². The summed E-state index contributed by atoms with van der Waals surface area (Å²) >= 11 is 0. The Kier molecular flexibility index (Phi) is 2.87. The van der Waals surface area contributed by atoms with E-state index in [0.717, 1.165) is 0 Å². The van der Waals surface area contributed by atoms with Gasteiger partial charge in [-0.3, -0.25) is 4.79 Å². The molecule has 1 aliphatic heterocycles. The van der Waals surface area contributed by atoms with Crippen molar-refractivity contribution >= 4 is 15.9 Å². The molecule has 6 nitrogen and oxygen atoms in total. The number of carbonyl (C=O) groups is 1. The van der Waals surface area contributed by atoms with Crippen LogP contribution < -0.4 is 5.14 Å². The number of nitrogens with two attached hydrogens (primary N) is 1. The van der Waals surface area contributed by atoms with Gasteiger partial charge in [-0.15, -0.1) is 0 Å². The fraction of sp³-hybridized carbons (Fsp3) is 0.875. The second kappa shape index (κ2) is 3.85. The third kappa shape index (κ3) is 2.14. The molecular weight excluding hydrogens is 258 g/mol. The van der Waals surface area contributed by atoms with E-state index in [9.17, 15) is 22.0 Å². The van der Waals surface area contributed by atoms with Gasteiger partial charge >= 0.3 is 6.61 Å². The Morgan fingerprint density at radius 3 is 2.29 bits per heavy atom. The lowest BCUT2D eigenvalue weighted by atomic mass is 10.1. The first-order valence-corrected chi connectivity index (χ1v) is 6.56. The number of rotatable bonds is 4. The van der Waals surface area contributed by atoms with Gasteiger partial charge in [-0.2, -0.15) is 8.78 Å². The van der Waals surface area contributed by atoms with Gasteiger partial charge in [0.05, 0.1) is 6.10 Å². The molecule has 0 aromatic carbocycles. The second-order valence-corrected chi connectivity index (χ2v) is 6.14. The minimum atomic E-state index is -3.93. The van der Waals surface area contributed by atoms with Crippen LogP contribution in [0.3, 0.4) is 0 Å². The maximum Gasteiger partial charge on any atom is 0.345 e. The van der Waals surface area contributed by atoms with Crippen LogP contribution in [0.15, 0.2) is 0 Å². The largest absolute Gasteiger partial charge is 0.345 e. The number of alkyl halides is 2. The number of sulfonamides is 1. The van der Waals surface area contributed by atoms with Gasteiger partial charge in [0, 0.05) is 13.1 Å². The van der Waals surface area contributed by atoms with Gasteiger partial charge < -0.3 is 9.64 Å². The molecule has 2 fully saturated rings. The summed E-state index contributed by atoms with van der Waals surface area (Å²) in [5.41, 5.74) is 0. The summed E-state index contributed by atoms with van der Waals surface area (Å²) in [6.45, 7) is -2.91. The van der Waals surface area contributed by atoms with Crippen molar-refractivity contribution in [1.82, 2.24) is 4.90 Å². The quantitative estimate of drug-likeness (QED) is 0.728. The minimum absolute atomic E-state index is 0.0134. The van der Waals surface area contributed by atoms with E-state index in [1.54, 1.807) is 0 Å². The SMILES string of the molecule is NS(=O)(=O)C1(C(=O)N2CC(OC(F)F)C2)CC1. The molecule has 0 unspecified atom stereocenters. The number of likely N-dealkylation sites (tertiary alicyclic amines) is 1. The smallest absolute Gasteiger partial charge is 0.336 e. The van der Waals surface area contributed by atoms with Gasteiger partial charge in [-0.25, -0.2) is 13.6 Å². The van der Waals surface area contributed by atoms with Crippen LogP contribution in [0, 0.1) is 0 Å². The molecule has 98 valence electrons. The van der Waals surface area contributed by atoms with Crippen molar-refractivity contribution in [2.75, 3.05) is 13.1 Å². The average Bonchev–Trinajstić information content (AvgIpc) is 2.87. The van der Waals surface area contributed by atoms with E-state index in [2.05, 4.69) is 4.74 Å². The fourth-order valence-electron chi connectivity index (χ4n) is 1.86. The first-order chi connectivity index (χ1) is 7.76. The Morgan fingerprint density at radius 1 is 1.41 bits per heavy atom. The summed E-state index contributed by atoms with van der Waals surface area (Å²) in [6.07, 6.45) is -0.335. The number of amides is 1. The molecular formula is C8H12F2N2O4S. The molecule has 0 aromatic rings. The molecule has 1 aliphatic carbocycles. The minimum Gasteiger partial charge on any atom is -0.336 e. The Balaban J connectivity index is 1.93. The summed E-state index contributed by atoms with van der Waals surface area (Å²) in [7, 11) is -3.93. The molecule has 1 saturated carbocycles. The standard InChI is InChI=1S/C8H12F2N2O4S/c9-7(10)16-5-3-12(4-5)6(13)8(1-2-8)17(11,14)15/h5,7H,1-4H2,(H2,11,14,15). The lowest BCUT2D eigenvalue weighted by Gasteiger charge is -2.40. The summed E-state index contributed by atoms with van der Waals surface area (Å²) in [5, 5.41) is 4.98. The third-order valence-electron chi connectivity index (χ3n) is 3.07. The monoisotopic (exact) mass is 270 g/mol. The zero-order valence-corrected chi connectivity index (χ0v) is 9.62. The predicted octanol–water partition coefficient (Wildman–Crippen LogP) is -0.742. The summed E-state index contributed by atoms with van der Waals surface area (Å²) in [6, 6.07) is 0. The van der Waals surface area contributed by atoms with Crippen LogP contribution in [0.25, 0.3) is 0 Å². The van der Waals surface area contributed by atoms with Crippen molar-refractivity contribution in [2.45, 2.75) is 30.3 Å². The Labute approximate surface area is 96.7 Å². The van der Waals surface area contributed by atoms with E-state index in [1.807, 2.05) is 0 Å². The highest BCUT2D eigenvalue weighted by Crippen LogP contribution is 2.44. The Hall–Kier alpha value is -0.800. The summed E-state index contributed by atoms with van der Waals surface area (Å²) in [5.74, 6) is -0.603. The molecule has 2 N–H and O–H groups in total. The highest BCUT2D eigenvalue weighted by Gasteiger charge is 2.62. The molecule has 1 amide bonds. The fourth-order valence-corrected chi connectivity index (χ4v) is 2.90. The van der Waals surface area contributed by atoms with Crippen LogP contribution in [0.4, 0.5) is 8.78 Å². The first-order valence-electron chi connectivity index (χ1n) is 5.01. The second-order valence-electron chi connectivity index (χ2n) is 4.27. The molecule has 9 heteroatoms. The molecule has 0 spiro atoms. The van der Waals surface area contributed by atoms with Crippen LogP contribution in [-0.4, -0.2) is 49.8 Å². The number of ether oxygens (including phenoxy) is 1. The van der Waals surface area contributed by atoms with Crippen molar-refractivity contribution in [3.63, 3.8) is 0 Å². The number of hydrogen-bond donors (Lipinski definition) is 1. The van der Waals surface area contributed by atoms with Crippen molar-refractivity contribution < 1.29 is 26.7 Å². The summed E-state index contributed by atoms with van der Waals surface area (Å²) in [4.78, 5) is 13.0. The normalized spacial score (nSPS) is 23.6. The molecule has 1 heterocycles. The Morgan fingerprint density at radius 2 is 1.94 bits per heavy atom. The summed E-state index contributed by atoms with van der Waals surface area (Å²) < 4.78 is 48.8. The molecule has 0 atom stereocenters. The van der Waals surface area contributed by atoms with E-state index in [1.165, 1.54) is 4.90 Å². The van der Waals surface area contributed by atoms with Gasteiger partial charge in [-0.05, 0) is 12.8 Å². The van der Waals surface area contributed by atoms with Crippen LogP contribution in [0.5, 0.6) is 0 Å². The lowest BCUT2D eigenvalue weighted by molar-refractivity contribution is -0.199. The molecule has 0 radical (unpaired) electrons. The number of halogens is 2. The van der Waals surface area contributed by atoms with Gasteiger partial charge in [0.1, 0.15) is 0 Å². The highest BCUT2D eigenvalue weighted by atomic mass is 32.2. The average molecular weight is 270 g/mol. The molecule has 17 heavy (non-hydrogen) atoms. The van der Waals surface area contributed by atoms with Gasteiger partial charge in [0.25, 0.3) is 0 Å². The van der Waals surface area contributed by atoms with Crippen molar-refractivity contribution in [3.05, 3.63) is 0 Å². The molecule has 2 aliphatic rings. The van der Waals surface area contributed by atoms with Crippen LogP contribution in [0.1, 0.15) is 12.8 Å². The topological polar surface area (TPSA) is 89.7 Å². The number of hydrogen-bond acceptors (Lipinski definition) is 4. The van der Waals surface area contributed by atoms with Crippen molar-refractivity contribution in [3.8, 4) is 0 Å². The van der Waals surface area contributed by atoms with Crippen LogP contribution in [0.2, 0.25) is 0 Å². The lowest BCUT2D eigenvalue weighted by Crippen LogP contribution is -2.60. The van der Waals surface area contributed by atoms with E-state index < -0.39 is 33.4 Å². The molecule has 0 bridgehead atoms. The number of carbonyl (C=O) groups excluding carboxylic acids is 1. The molecule has 0 aromatic heterocycles. The van der Waals surface area contributed by atoms with Gasteiger partial charge in [-0.1, -0.05) is 0 Å². The maximum absolute atomic E-state index is 11.8. The van der Waals surface area contributed by atoms with Crippen LogP contribution in [-0.2, 0) is 19.6 Å². The zero-order valence-electron chi connectivity index (χ0n) is 8.80. The van der Waals surface area contributed by atoms with Gasteiger partial charge in [0.2, 0.25) is 15.9 Å². The van der Waals surface area contributed by atoms with Crippen LogP contribution >= 0.6 is 0 Å². The van der Waals surface area contributed by atoms with Crippen molar-refractivity contribution in [2.24, 2.45) is 5.14 Å². The van der Waals surface area contributed by atoms with E-state index >= 15 is 0 Å². The zero-order chi connectivity index (χ0) is 12.8. The van der Waals surface area contributed by atoms with E-state index in [-0.39, 0.29) is 25.9 Å². The number of primary sulfonamides is 1.